The molecule has 2 N–H and O–H groups in total. The Morgan fingerprint density at radius 1 is 1.58 bits per heavy atom. The van der Waals surface area contributed by atoms with E-state index < -0.39 is 0 Å². The molecule has 1 fully saturated rings. The van der Waals surface area contributed by atoms with Crippen molar-refractivity contribution >= 4 is 11.8 Å². The monoisotopic (exact) mass is 284 g/mol. The van der Waals surface area contributed by atoms with Gasteiger partial charge in [0.1, 0.15) is 0 Å². The molecule has 0 aromatic heterocycles. The average molecular weight is 284 g/mol. The number of halogens is 1. The number of thioether (sulfide) groups is 1. The molecule has 0 spiro atoms. The summed E-state index contributed by atoms with van der Waals surface area (Å²) in [6, 6.07) is 5.68. The van der Waals surface area contributed by atoms with Gasteiger partial charge in [-0.3, -0.25) is 4.90 Å². The number of nitrogens with zero attached hydrogens (tertiary/aromatic N) is 1. The number of hydrogen-bond acceptors (Lipinski definition) is 4. The molecule has 2 rings (SSSR count). The van der Waals surface area contributed by atoms with Crippen LogP contribution in [0.5, 0.6) is 5.75 Å². The summed E-state index contributed by atoms with van der Waals surface area (Å²) in [6.07, 6.45) is 0. The highest BCUT2D eigenvalue weighted by molar-refractivity contribution is 7.99. The maximum atomic E-state index is 13.8. The summed E-state index contributed by atoms with van der Waals surface area (Å²) in [7, 11) is 1.47. The van der Waals surface area contributed by atoms with Gasteiger partial charge in [0.25, 0.3) is 0 Å². The van der Waals surface area contributed by atoms with Crippen molar-refractivity contribution in [3.63, 3.8) is 0 Å². The number of methoxy groups -OCH3 is 1. The first kappa shape index (κ1) is 14.6. The SMILES string of the molecule is COc1ccc(C(CN)N2CCSCC2C)cc1F. The molecule has 0 aliphatic carbocycles. The fraction of sp³-hybridized carbons (Fsp3) is 0.571. The van der Waals surface area contributed by atoms with Crippen LogP contribution >= 0.6 is 11.8 Å². The van der Waals surface area contributed by atoms with Crippen LogP contribution in [0.15, 0.2) is 18.2 Å². The molecule has 1 aliphatic heterocycles. The van der Waals surface area contributed by atoms with Crippen LogP contribution in [0, 0.1) is 5.82 Å². The van der Waals surface area contributed by atoms with Crippen LogP contribution in [-0.4, -0.2) is 42.6 Å². The highest BCUT2D eigenvalue weighted by Crippen LogP contribution is 2.29. The Morgan fingerprint density at radius 3 is 2.95 bits per heavy atom. The number of benzene rings is 1. The second-order valence-electron chi connectivity index (χ2n) is 4.81. The molecule has 1 aromatic rings. The third kappa shape index (κ3) is 3.22. The second-order valence-corrected chi connectivity index (χ2v) is 5.96. The molecule has 1 saturated heterocycles. The molecular weight excluding hydrogens is 263 g/mol. The van der Waals surface area contributed by atoms with E-state index in [1.54, 1.807) is 12.1 Å². The molecule has 2 atom stereocenters. The Labute approximate surface area is 118 Å². The molecule has 3 nitrogen and oxygen atoms in total. The van der Waals surface area contributed by atoms with Gasteiger partial charge in [0, 0.05) is 36.7 Å². The minimum Gasteiger partial charge on any atom is -0.494 e. The predicted molar refractivity (Wildman–Crippen MR) is 78.2 cm³/mol. The van der Waals surface area contributed by atoms with Gasteiger partial charge in [-0.1, -0.05) is 6.07 Å². The quantitative estimate of drug-likeness (QED) is 0.920. The zero-order valence-electron chi connectivity index (χ0n) is 11.4. The zero-order valence-corrected chi connectivity index (χ0v) is 12.3. The van der Waals surface area contributed by atoms with Crippen LogP contribution in [0.25, 0.3) is 0 Å². The van der Waals surface area contributed by atoms with Crippen molar-refractivity contribution in [3.8, 4) is 5.75 Å². The van der Waals surface area contributed by atoms with Gasteiger partial charge in [0.2, 0.25) is 0 Å². The summed E-state index contributed by atoms with van der Waals surface area (Å²) in [5.41, 5.74) is 6.85. The lowest BCUT2D eigenvalue weighted by Crippen LogP contribution is -2.45. The summed E-state index contributed by atoms with van der Waals surface area (Å²) < 4.78 is 18.8. The van der Waals surface area contributed by atoms with Crippen molar-refractivity contribution in [2.24, 2.45) is 5.73 Å². The number of ether oxygens (including phenoxy) is 1. The van der Waals surface area contributed by atoms with Crippen molar-refractivity contribution in [3.05, 3.63) is 29.6 Å². The van der Waals surface area contributed by atoms with Crippen LogP contribution in [0.2, 0.25) is 0 Å². The third-order valence-corrected chi connectivity index (χ3v) is 4.79. The van der Waals surface area contributed by atoms with Crippen molar-refractivity contribution in [2.75, 3.05) is 31.7 Å². The van der Waals surface area contributed by atoms with E-state index in [1.165, 1.54) is 7.11 Å². The van der Waals surface area contributed by atoms with E-state index in [-0.39, 0.29) is 17.6 Å². The number of hydrogen-bond donors (Lipinski definition) is 1. The Morgan fingerprint density at radius 2 is 2.37 bits per heavy atom. The maximum absolute atomic E-state index is 13.8. The van der Waals surface area contributed by atoms with Gasteiger partial charge in [0.15, 0.2) is 11.6 Å². The maximum Gasteiger partial charge on any atom is 0.165 e. The molecule has 106 valence electrons. The normalized spacial score (nSPS) is 22.2. The topological polar surface area (TPSA) is 38.5 Å². The zero-order chi connectivity index (χ0) is 13.8. The van der Waals surface area contributed by atoms with Gasteiger partial charge < -0.3 is 10.5 Å². The molecule has 0 radical (unpaired) electrons. The van der Waals surface area contributed by atoms with Crippen LogP contribution in [0.4, 0.5) is 4.39 Å². The minimum absolute atomic E-state index is 0.0799. The lowest BCUT2D eigenvalue weighted by Gasteiger charge is -2.39. The van der Waals surface area contributed by atoms with E-state index in [1.807, 2.05) is 17.8 Å². The van der Waals surface area contributed by atoms with E-state index >= 15 is 0 Å². The van der Waals surface area contributed by atoms with Gasteiger partial charge >= 0.3 is 0 Å². The van der Waals surface area contributed by atoms with Gasteiger partial charge in [0.05, 0.1) is 7.11 Å². The summed E-state index contributed by atoms with van der Waals surface area (Å²) in [5.74, 6) is 2.17. The molecule has 1 heterocycles. The third-order valence-electron chi connectivity index (χ3n) is 3.60. The molecule has 0 saturated carbocycles. The molecule has 1 aromatic carbocycles. The van der Waals surface area contributed by atoms with Crippen molar-refractivity contribution < 1.29 is 9.13 Å². The highest BCUT2D eigenvalue weighted by atomic mass is 32.2. The van der Waals surface area contributed by atoms with Crippen LogP contribution in [0.3, 0.4) is 0 Å². The molecule has 0 amide bonds. The summed E-state index contributed by atoms with van der Waals surface area (Å²) in [4.78, 5) is 2.37. The second kappa shape index (κ2) is 6.59. The summed E-state index contributed by atoms with van der Waals surface area (Å²) >= 11 is 1.96. The van der Waals surface area contributed by atoms with Gasteiger partial charge in [-0.25, -0.2) is 4.39 Å². The Hall–Kier alpha value is -0.780. The Balaban J connectivity index is 2.23. The number of rotatable bonds is 4. The standard InChI is InChI=1S/C14H21FN2OS/c1-10-9-19-6-5-17(10)13(8-16)11-3-4-14(18-2)12(15)7-11/h3-4,7,10,13H,5-6,8-9,16H2,1-2H3. The van der Waals surface area contributed by atoms with Gasteiger partial charge in [-0.05, 0) is 24.6 Å². The first-order chi connectivity index (χ1) is 9.17. The molecule has 2 unspecified atom stereocenters. The minimum atomic E-state index is -0.322. The van der Waals surface area contributed by atoms with E-state index in [9.17, 15) is 4.39 Å². The Kier molecular flexibility index (Phi) is 5.07. The van der Waals surface area contributed by atoms with Crippen molar-refractivity contribution in [1.29, 1.82) is 0 Å². The first-order valence-corrected chi connectivity index (χ1v) is 7.69. The van der Waals surface area contributed by atoms with Gasteiger partial charge in [-0.2, -0.15) is 11.8 Å². The molecule has 0 bridgehead atoms. The van der Waals surface area contributed by atoms with E-state index in [0.717, 1.165) is 23.6 Å². The lowest BCUT2D eigenvalue weighted by atomic mass is 10.0. The van der Waals surface area contributed by atoms with Crippen LogP contribution < -0.4 is 10.5 Å². The highest BCUT2D eigenvalue weighted by Gasteiger charge is 2.27. The average Bonchev–Trinajstić information content (AvgIpc) is 2.42. The van der Waals surface area contributed by atoms with Gasteiger partial charge in [-0.15, -0.1) is 0 Å². The summed E-state index contributed by atoms with van der Waals surface area (Å²) in [6.45, 7) is 3.71. The first-order valence-electron chi connectivity index (χ1n) is 6.54. The summed E-state index contributed by atoms with van der Waals surface area (Å²) in [5, 5.41) is 0. The molecule has 19 heavy (non-hydrogen) atoms. The van der Waals surface area contributed by atoms with E-state index in [4.69, 9.17) is 10.5 Å². The Bertz CT molecular complexity index is 430. The van der Waals surface area contributed by atoms with Crippen molar-refractivity contribution in [2.45, 2.75) is 19.0 Å². The van der Waals surface area contributed by atoms with Crippen LogP contribution in [0.1, 0.15) is 18.5 Å². The molecular formula is C14H21FN2OS. The smallest absolute Gasteiger partial charge is 0.165 e. The predicted octanol–water partition coefficient (Wildman–Crippen LogP) is 2.27. The van der Waals surface area contributed by atoms with E-state index in [0.29, 0.717) is 12.6 Å². The fourth-order valence-electron chi connectivity index (χ4n) is 2.56. The molecule has 1 aliphatic rings. The fourth-order valence-corrected chi connectivity index (χ4v) is 3.60. The van der Waals surface area contributed by atoms with E-state index in [2.05, 4.69) is 11.8 Å². The number of nitrogens with two attached hydrogens (primary N) is 1. The largest absolute Gasteiger partial charge is 0.494 e. The van der Waals surface area contributed by atoms with Crippen LogP contribution in [-0.2, 0) is 0 Å². The van der Waals surface area contributed by atoms with Crippen molar-refractivity contribution in [1.82, 2.24) is 4.90 Å². The lowest BCUT2D eigenvalue weighted by molar-refractivity contribution is 0.165. The molecule has 5 heteroatoms.